The van der Waals surface area contributed by atoms with Gasteiger partial charge in [0.1, 0.15) is 0 Å². The summed E-state index contributed by atoms with van der Waals surface area (Å²) in [5, 5.41) is 21.4. The van der Waals surface area contributed by atoms with Gasteiger partial charge in [-0.05, 0) is 58.8 Å². The van der Waals surface area contributed by atoms with Crippen LogP contribution in [0.3, 0.4) is 0 Å². The molecule has 0 unspecified atom stereocenters. The van der Waals surface area contributed by atoms with Crippen LogP contribution in [0.5, 0.6) is 0 Å². The third-order valence-electron chi connectivity index (χ3n) is 5.25. The largest absolute Gasteiger partial charge is 0.465 e. The van der Waals surface area contributed by atoms with Crippen molar-refractivity contribution in [3.8, 4) is 0 Å². The highest BCUT2D eigenvalue weighted by Gasteiger charge is 2.64. The van der Waals surface area contributed by atoms with Crippen LogP contribution in [0.15, 0.2) is 0 Å². The smallest absolute Gasteiger partial charge is 0.315 e. The van der Waals surface area contributed by atoms with Gasteiger partial charge in [0.15, 0.2) is 0 Å². The molecule has 2 N–H and O–H groups in total. The van der Waals surface area contributed by atoms with E-state index in [2.05, 4.69) is 0 Å². The molecule has 0 radical (unpaired) electrons. The zero-order valence-electron chi connectivity index (χ0n) is 12.9. The molecule has 0 aliphatic heterocycles. The van der Waals surface area contributed by atoms with Crippen molar-refractivity contribution in [3.63, 3.8) is 0 Å². The molecule has 3 atom stereocenters. The van der Waals surface area contributed by atoms with Crippen LogP contribution in [0, 0.1) is 11.3 Å². The molecule has 2 aliphatic carbocycles. The number of carbonyl (C=O) groups is 1. The first-order valence-electron chi connectivity index (χ1n) is 7.87. The normalized spacial score (nSPS) is 37.5. The molecule has 4 heteroatoms. The van der Waals surface area contributed by atoms with E-state index in [1.165, 1.54) is 0 Å². The van der Waals surface area contributed by atoms with Crippen molar-refractivity contribution >= 4 is 5.97 Å². The van der Waals surface area contributed by atoms with Crippen molar-refractivity contribution in [2.45, 2.75) is 76.9 Å². The number of aliphatic hydroxyl groups is 2. The number of hydrogen-bond acceptors (Lipinski definition) is 4. The van der Waals surface area contributed by atoms with E-state index in [1.807, 2.05) is 0 Å². The van der Waals surface area contributed by atoms with Crippen LogP contribution in [-0.4, -0.2) is 34.0 Å². The Kier molecular flexibility index (Phi) is 4.18. The monoisotopic (exact) mass is 284 g/mol. The highest BCUT2D eigenvalue weighted by Crippen LogP contribution is 2.59. The number of esters is 1. The highest BCUT2D eigenvalue weighted by atomic mass is 16.5. The Hall–Kier alpha value is -0.610. The van der Waals surface area contributed by atoms with Gasteiger partial charge in [-0.2, -0.15) is 0 Å². The summed E-state index contributed by atoms with van der Waals surface area (Å²) >= 11 is 0. The number of ether oxygens (including phenoxy) is 1. The van der Waals surface area contributed by atoms with E-state index < -0.39 is 16.6 Å². The van der Waals surface area contributed by atoms with E-state index in [0.717, 1.165) is 19.3 Å². The average molecular weight is 284 g/mol. The second-order valence-electron chi connectivity index (χ2n) is 7.19. The Labute approximate surface area is 121 Å². The van der Waals surface area contributed by atoms with Crippen LogP contribution in [0.2, 0.25) is 0 Å². The topological polar surface area (TPSA) is 66.8 Å². The van der Waals surface area contributed by atoms with Crippen LogP contribution in [0.25, 0.3) is 0 Å². The molecule has 0 amide bonds. The predicted octanol–water partition coefficient (Wildman–Crippen LogP) is 2.41. The summed E-state index contributed by atoms with van der Waals surface area (Å²) in [5.41, 5.74) is -2.56. The second-order valence-corrected chi connectivity index (χ2v) is 7.19. The number of carbonyl (C=O) groups excluding carboxylic acids is 1. The number of rotatable bonds is 4. The highest BCUT2D eigenvalue weighted by molar-refractivity contribution is 5.79. The van der Waals surface area contributed by atoms with Crippen LogP contribution in [0.4, 0.5) is 0 Å². The van der Waals surface area contributed by atoms with Crippen LogP contribution in [0.1, 0.15) is 65.7 Å². The molecule has 2 fully saturated rings. The van der Waals surface area contributed by atoms with Gasteiger partial charge in [0, 0.05) is 0 Å². The van der Waals surface area contributed by atoms with Gasteiger partial charge in [0.25, 0.3) is 0 Å². The van der Waals surface area contributed by atoms with E-state index in [-0.39, 0.29) is 11.9 Å². The lowest BCUT2D eigenvalue weighted by molar-refractivity contribution is -0.185. The molecule has 4 nitrogen and oxygen atoms in total. The standard InChI is InChI=1S/C16H28O4/c1-4-20-13(17)15-8-5-6-9-16(15,19)12(7-10-15)11-14(2,3)18/h12,18-19H,4-11H2,1-3H3/t12-,15-,16-/m0/s1. The molecule has 20 heavy (non-hydrogen) atoms. The Balaban J connectivity index is 2.29. The second kappa shape index (κ2) is 5.30. The summed E-state index contributed by atoms with van der Waals surface area (Å²) in [6, 6.07) is 0. The first kappa shape index (κ1) is 15.8. The van der Waals surface area contributed by atoms with Gasteiger partial charge in [0.05, 0.1) is 23.2 Å². The van der Waals surface area contributed by atoms with E-state index in [0.29, 0.717) is 32.3 Å². The maximum atomic E-state index is 12.5. The number of fused-ring (bicyclic) bond motifs is 1. The Morgan fingerprint density at radius 3 is 2.55 bits per heavy atom. The zero-order valence-corrected chi connectivity index (χ0v) is 12.9. The molecule has 0 aromatic carbocycles. The Morgan fingerprint density at radius 1 is 1.30 bits per heavy atom. The van der Waals surface area contributed by atoms with Gasteiger partial charge < -0.3 is 14.9 Å². The van der Waals surface area contributed by atoms with E-state index in [1.54, 1.807) is 20.8 Å². The van der Waals surface area contributed by atoms with E-state index >= 15 is 0 Å². The van der Waals surface area contributed by atoms with Crippen molar-refractivity contribution in [2.24, 2.45) is 11.3 Å². The molecule has 0 aromatic heterocycles. The predicted molar refractivity (Wildman–Crippen MR) is 76.1 cm³/mol. The van der Waals surface area contributed by atoms with Gasteiger partial charge in [-0.3, -0.25) is 4.79 Å². The summed E-state index contributed by atoms with van der Waals surface area (Å²) in [6.45, 7) is 5.69. The minimum atomic E-state index is -1.00. The molecule has 0 spiro atoms. The first-order chi connectivity index (χ1) is 9.25. The van der Waals surface area contributed by atoms with Crippen LogP contribution < -0.4 is 0 Å². The first-order valence-corrected chi connectivity index (χ1v) is 7.87. The zero-order chi connectivity index (χ0) is 15.0. The summed E-state index contributed by atoms with van der Waals surface area (Å²) < 4.78 is 5.27. The molecular weight excluding hydrogens is 256 g/mol. The molecule has 2 saturated carbocycles. The molecule has 0 heterocycles. The van der Waals surface area contributed by atoms with Crippen LogP contribution >= 0.6 is 0 Å². The maximum absolute atomic E-state index is 12.5. The van der Waals surface area contributed by atoms with E-state index in [9.17, 15) is 15.0 Å². The lowest BCUT2D eigenvalue weighted by Crippen LogP contribution is -2.56. The van der Waals surface area contributed by atoms with Crippen molar-refractivity contribution in [1.82, 2.24) is 0 Å². The van der Waals surface area contributed by atoms with Gasteiger partial charge in [0.2, 0.25) is 0 Å². The Morgan fingerprint density at radius 2 is 1.95 bits per heavy atom. The summed E-state index contributed by atoms with van der Waals surface area (Å²) in [6.07, 6.45) is 5.28. The SMILES string of the molecule is CCOC(=O)[C@@]12CCCC[C@]1(O)[C@H](CC(C)(C)O)CC2. The Bertz CT molecular complexity index is 373. The molecular formula is C16H28O4. The molecule has 0 aromatic rings. The lowest BCUT2D eigenvalue weighted by Gasteiger charge is -2.47. The summed E-state index contributed by atoms with van der Waals surface area (Å²) in [7, 11) is 0. The van der Waals surface area contributed by atoms with Crippen molar-refractivity contribution in [2.75, 3.05) is 6.61 Å². The molecule has 0 saturated heterocycles. The average Bonchev–Trinajstić information content (AvgIpc) is 2.63. The molecule has 116 valence electrons. The fourth-order valence-corrected chi connectivity index (χ4v) is 4.40. The lowest BCUT2D eigenvalue weighted by atomic mass is 9.61. The van der Waals surface area contributed by atoms with Gasteiger partial charge in [-0.15, -0.1) is 0 Å². The third kappa shape index (κ3) is 2.48. The minimum Gasteiger partial charge on any atom is -0.465 e. The van der Waals surface area contributed by atoms with Crippen LogP contribution in [-0.2, 0) is 9.53 Å². The van der Waals surface area contributed by atoms with E-state index in [4.69, 9.17) is 4.74 Å². The fraction of sp³-hybridized carbons (Fsp3) is 0.938. The van der Waals surface area contributed by atoms with Gasteiger partial charge in [-0.1, -0.05) is 12.8 Å². The van der Waals surface area contributed by atoms with Crippen molar-refractivity contribution in [3.05, 3.63) is 0 Å². The summed E-state index contributed by atoms with van der Waals surface area (Å²) in [4.78, 5) is 12.5. The summed E-state index contributed by atoms with van der Waals surface area (Å²) in [5.74, 6) is -0.257. The maximum Gasteiger partial charge on any atom is 0.315 e. The molecule has 2 aliphatic rings. The van der Waals surface area contributed by atoms with Crippen molar-refractivity contribution < 1.29 is 19.7 Å². The fourth-order valence-electron chi connectivity index (χ4n) is 4.40. The van der Waals surface area contributed by atoms with Crippen molar-refractivity contribution in [1.29, 1.82) is 0 Å². The molecule has 2 rings (SSSR count). The third-order valence-corrected chi connectivity index (χ3v) is 5.25. The minimum absolute atomic E-state index is 0.0211. The quantitative estimate of drug-likeness (QED) is 0.778. The van der Waals surface area contributed by atoms with Gasteiger partial charge in [-0.25, -0.2) is 0 Å². The van der Waals surface area contributed by atoms with Gasteiger partial charge >= 0.3 is 5.97 Å². The number of hydrogen-bond donors (Lipinski definition) is 2. The molecule has 0 bridgehead atoms.